The van der Waals surface area contributed by atoms with Crippen LogP contribution in [0, 0.1) is 0 Å². The molecular weight excluding hydrogens is 502 g/mol. The van der Waals surface area contributed by atoms with Crippen molar-refractivity contribution >= 4 is 27.4 Å². The van der Waals surface area contributed by atoms with Gasteiger partial charge in [0.2, 0.25) is 15.8 Å². The summed E-state index contributed by atoms with van der Waals surface area (Å²) in [6.07, 6.45) is 1.87. The minimum Gasteiger partial charge on any atom is -0.506 e. The Morgan fingerprint density at radius 2 is 1.89 bits per heavy atom. The second kappa shape index (κ2) is 11.1. The number of carbonyl (C=O) groups excluding carboxylic acids is 1. The van der Waals surface area contributed by atoms with Gasteiger partial charge in [0, 0.05) is 43.9 Å². The molecule has 0 spiro atoms. The van der Waals surface area contributed by atoms with Crippen LogP contribution in [0.2, 0.25) is 0 Å². The molecule has 1 saturated heterocycles. The molecule has 1 aliphatic rings. The Morgan fingerprint density at radius 3 is 2.54 bits per heavy atom. The van der Waals surface area contributed by atoms with Crippen molar-refractivity contribution in [2.45, 2.75) is 31.9 Å². The Hall–Kier alpha value is -3.75. The number of rotatable bonds is 9. The largest absolute Gasteiger partial charge is 0.506 e. The van der Waals surface area contributed by atoms with Gasteiger partial charge in [-0.3, -0.25) is 4.72 Å². The van der Waals surface area contributed by atoms with Crippen molar-refractivity contribution < 1.29 is 28.3 Å². The molecule has 198 valence electrons. The van der Waals surface area contributed by atoms with Crippen LogP contribution in [0.15, 0.2) is 42.5 Å². The van der Waals surface area contributed by atoms with Crippen LogP contribution in [0.4, 0.5) is 11.4 Å². The maximum atomic E-state index is 11.5. The summed E-state index contributed by atoms with van der Waals surface area (Å²) in [5, 5.41) is 35.0. The van der Waals surface area contributed by atoms with Crippen molar-refractivity contribution in [2.75, 3.05) is 35.5 Å². The number of sulfonamides is 1. The number of aromatic nitrogens is 4. The lowest BCUT2D eigenvalue weighted by molar-refractivity contribution is -0.143. The number of anilines is 2. The van der Waals surface area contributed by atoms with Gasteiger partial charge in [0.15, 0.2) is 0 Å². The predicted octanol–water partition coefficient (Wildman–Crippen LogP) is 0.684. The van der Waals surface area contributed by atoms with E-state index in [2.05, 4.69) is 30.5 Å². The minimum atomic E-state index is -3.56. The van der Waals surface area contributed by atoms with E-state index in [0.29, 0.717) is 23.5 Å². The smallest absolute Gasteiger partial charge is 0.332 e. The van der Waals surface area contributed by atoms with Crippen LogP contribution in [-0.2, 0) is 14.8 Å². The minimum absolute atomic E-state index is 0.0289. The molecule has 1 fully saturated rings. The van der Waals surface area contributed by atoms with Gasteiger partial charge in [-0.2, -0.15) is 0 Å². The van der Waals surface area contributed by atoms with Gasteiger partial charge in [0.25, 0.3) is 0 Å². The molecule has 0 radical (unpaired) electrons. The van der Waals surface area contributed by atoms with E-state index >= 15 is 0 Å². The third-order valence-electron chi connectivity index (χ3n) is 5.94. The first-order chi connectivity index (χ1) is 17.6. The Bertz CT molecular complexity index is 1340. The van der Waals surface area contributed by atoms with E-state index in [0.717, 1.165) is 42.7 Å². The molecule has 13 nitrogen and oxygen atoms in total. The van der Waals surface area contributed by atoms with Crippen LogP contribution >= 0.6 is 0 Å². The molecule has 2 aromatic carbocycles. The summed E-state index contributed by atoms with van der Waals surface area (Å²) >= 11 is 0. The number of aliphatic hydroxyl groups excluding tert-OH is 1. The van der Waals surface area contributed by atoms with Gasteiger partial charge in [-0.15, -0.1) is 5.10 Å². The Kier molecular flexibility index (Phi) is 7.90. The zero-order chi connectivity index (χ0) is 26.6. The molecule has 4 N–H and O–H groups in total. The number of phenolic OH excluding ortho intramolecular Hbond substituents is 1. The van der Waals surface area contributed by atoms with Crippen LogP contribution in [0.1, 0.15) is 31.4 Å². The summed E-state index contributed by atoms with van der Waals surface area (Å²) in [6.45, 7) is 3.20. The number of piperidine rings is 1. The third-order valence-corrected chi connectivity index (χ3v) is 6.53. The van der Waals surface area contributed by atoms with E-state index in [-0.39, 0.29) is 17.5 Å². The first-order valence-corrected chi connectivity index (χ1v) is 13.5. The normalized spacial score (nSPS) is 15.4. The quantitative estimate of drug-likeness (QED) is 0.226. The summed E-state index contributed by atoms with van der Waals surface area (Å²) in [5.41, 5.74) is 2.28. The molecular formula is C23H29N7O6S. The fraction of sp³-hybridized carbons (Fsp3) is 0.391. The number of nitrogens with one attached hydrogen (secondary N) is 2. The SMILES string of the molecule is CC(=O)On1nnnc1-c1ccc(N2CCC(NC[C@@H](O)c3ccc(O)c(NS(C)(=O)=O)c3)CC2)cc1. The highest BCUT2D eigenvalue weighted by molar-refractivity contribution is 7.92. The second-order valence-electron chi connectivity index (χ2n) is 8.84. The molecule has 37 heavy (non-hydrogen) atoms. The van der Waals surface area contributed by atoms with E-state index in [4.69, 9.17) is 4.84 Å². The number of hydrogen-bond acceptors (Lipinski definition) is 11. The molecule has 1 aromatic heterocycles. The highest BCUT2D eigenvalue weighted by atomic mass is 32.2. The highest BCUT2D eigenvalue weighted by Crippen LogP contribution is 2.28. The highest BCUT2D eigenvalue weighted by Gasteiger charge is 2.21. The molecule has 1 aliphatic heterocycles. The summed E-state index contributed by atoms with van der Waals surface area (Å²) in [7, 11) is -3.56. The molecule has 1 atom stereocenters. The van der Waals surface area contributed by atoms with E-state index in [1.54, 1.807) is 6.07 Å². The van der Waals surface area contributed by atoms with E-state index in [9.17, 15) is 23.4 Å². The standard InChI is InChI=1S/C23H29N7O6S/c1-15(31)36-30-23(25-27-28-30)16-3-6-19(7-4-16)29-11-9-18(10-12-29)24-14-22(33)17-5-8-21(32)20(13-17)26-37(2,34)35/h3-8,13,18,22,24,26,32-33H,9-12,14H2,1-2H3/t22-/m1/s1. The first kappa shape index (κ1) is 26.3. The van der Waals surface area contributed by atoms with Crippen molar-refractivity contribution in [1.29, 1.82) is 0 Å². The summed E-state index contributed by atoms with van der Waals surface area (Å²) in [5.74, 6) is -0.403. The molecule has 2 heterocycles. The van der Waals surface area contributed by atoms with Gasteiger partial charge in [0.05, 0.1) is 18.0 Å². The molecule has 0 amide bonds. The molecule has 14 heteroatoms. The van der Waals surface area contributed by atoms with Crippen LogP contribution in [-0.4, -0.2) is 76.9 Å². The van der Waals surface area contributed by atoms with Gasteiger partial charge in [-0.05, 0) is 70.1 Å². The summed E-state index contributed by atoms with van der Waals surface area (Å²) in [4.78, 5) is 19.4. The zero-order valence-corrected chi connectivity index (χ0v) is 21.2. The van der Waals surface area contributed by atoms with E-state index in [1.807, 2.05) is 24.3 Å². The van der Waals surface area contributed by atoms with Crippen LogP contribution < -0.4 is 19.8 Å². The van der Waals surface area contributed by atoms with Gasteiger partial charge in [-0.25, -0.2) is 13.2 Å². The van der Waals surface area contributed by atoms with Gasteiger partial charge < -0.3 is 25.3 Å². The number of nitrogens with zero attached hydrogens (tertiary/aromatic N) is 5. The van der Waals surface area contributed by atoms with E-state index < -0.39 is 22.1 Å². The topological polar surface area (TPSA) is 172 Å². The maximum Gasteiger partial charge on any atom is 0.332 e. The van der Waals surface area contributed by atoms with Crippen molar-refractivity contribution in [3.05, 3.63) is 48.0 Å². The molecule has 0 aliphatic carbocycles. The number of benzene rings is 2. The van der Waals surface area contributed by atoms with E-state index in [1.165, 1.54) is 19.1 Å². The first-order valence-electron chi connectivity index (χ1n) is 11.6. The lowest BCUT2D eigenvalue weighted by atomic mass is 10.0. The monoisotopic (exact) mass is 531 g/mol. The molecule has 4 rings (SSSR count). The average Bonchev–Trinajstić information content (AvgIpc) is 3.31. The van der Waals surface area contributed by atoms with Crippen molar-refractivity contribution in [1.82, 2.24) is 25.7 Å². The predicted molar refractivity (Wildman–Crippen MR) is 135 cm³/mol. The molecule has 0 bridgehead atoms. The number of tetrazole rings is 1. The number of phenols is 1. The fourth-order valence-corrected chi connectivity index (χ4v) is 4.70. The van der Waals surface area contributed by atoms with Crippen LogP contribution in [0.25, 0.3) is 11.4 Å². The van der Waals surface area contributed by atoms with Gasteiger partial charge >= 0.3 is 5.97 Å². The van der Waals surface area contributed by atoms with Crippen LogP contribution in [0.3, 0.4) is 0 Å². The maximum absolute atomic E-state index is 11.5. The summed E-state index contributed by atoms with van der Waals surface area (Å²) < 4.78 is 25.2. The number of aliphatic hydroxyl groups is 1. The molecule has 3 aromatic rings. The number of carbonyl (C=O) groups is 1. The number of hydrogen-bond donors (Lipinski definition) is 4. The lowest BCUT2D eigenvalue weighted by Crippen LogP contribution is -2.43. The summed E-state index contributed by atoms with van der Waals surface area (Å²) in [6, 6.07) is 12.2. The Balaban J connectivity index is 1.29. The third kappa shape index (κ3) is 6.93. The van der Waals surface area contributed by atoms with Crippen molar-refractivity contribution in [3.63, 3.8) is 0 Å². The Labute approximate surface area is 214 Å². The number of aromatic hydroxyl groups is 1. The van der Waals surface area contributed by atoms with Gasteiger partial charge in [-0.1, -0.05) is 6.07 Å². The zero-order valence-electron chi connectivity index (χ0n) is 20.4. The molecule has 0 unspecified atom stereocenters. The lowest BCUT2D eigenvalue weighted by Gasteiger charge is -2.34. The molecule has 0 saturated carbocycles. The van der Waals surface area contributed by atoms with Crippen LogP contribution in [0.5, 0.6) is 5.75 Å². The average molecular weight is 532 g/mol. The Morgan fingerprint density at radius 1 is 1.19 bits per heavy atom. The van der Waals surface area contributed by atoms with Crippen molar-refractivity contribution in [3.8, 4) is 17.1 Å². The van der Waals surface area contributed by atoms with Crippen molar-refractivity contribution in [2.24, 2.45) is 0 Å². The second-order valence-corrected chi connectivity index (χ2v) is 10.6. The van der Waals surface area contributed by atoms with Gasteiger partial charge in [0.1, 0.15) is 5.75 Å². The fourth-order valence-electron chi connectivity index (χ4n) is 4.13.